The van der Waals surface area contributed by atoms with Crippen molar-refractivity contribution in [3.63, 3.8) is 0 Å². The minimum Gasteiger partial charge on any atom is -0.394 e. The average molecular weight is 360 g/mol. The molecule has 4 heteroatoms. The number of aryl methyl sites for hydroxylation is 1. The summed E-state index contributed by atoms with van der Waals surface area (Å²) in [6.45, 7) is 2.69. The number of benzene rings is 1. The molecule has 26 heavy (non-hydrogen) atoms. The zero-order valence-electron chi connectivity index (χ0n) is 15.8. The Hall–Kier alpha value is -0.940. The predicted octanol–water partition coefficient (Wildman–Crippen LogP) is 2.94. The van der Waals surface area contributed by atoms with Crippen LogP contribution in [-0.2, 0) is 22.3 Å². The molecule has 0 radical (unpaired) electrons. The Morgan fingerprint density at radius 2 is 2.00 bits per heavy atom. The fourth-order valence-electron chi connectivity index (χ4n) is 4.95. The third-order valence-electron chi connectivity index (χ3n) is 6.73. The molecule has 1 aromatic rings. The maximum Gasteiger partial charge on any atom is 0.0619 e. The van der Waals surface area contributed by atoms with Gasteiger partial charge in [0.2, 0.25) is 0 Å². The SMILES string of the molecule is N[C@]1(CO)CC[C@H](c2ccc3c(c2)CC[C@@H](COC2CCOCC2)C3)C1. The number of ether oxygens (including phenoxy) is 2. The van der Waals surface area contributed by atoms with Gasteiger partial charge in [0, 0.05) is 18.8 Å². The number of hydrogen-bond donors (Lipinski definition) is 2. The molecule has 0 unspecified atom stereocenters. The van der Waals surface area contributed by atoms with Crippen molar-refractivity contribution in [3.8, 4) is 0 Å². The Morgan fingerprint density at radius 3 is 2.77 bits per heavy atom. The van der Waals surface area contributed by atoms with E-state index in [-0.39, 0.29) is 12.1 Å². The van der Waals surface area contributed by atoms with E-state index in [0.717, 1.165) is 64.8 Å². The molecule has 1 aromatic carbocycles. The van der Waals surface area contributed by atoms with Crippen LogP contribution >= 0.6 is 0 Å². The molecule has 144 valence electrons. The van der Waals surface area contributed by atoms with Crippen molar-refractivity contribution in [1.82, 2.24) is 0 Å². The number of nitrogens with two attached hydrogens (primary N) is 1. The lowest BCUT2D eigenvalue weighted by Crippen LogP contribution is -2.40. The quantitative estimate of drug-likeness (QED) is 0.848. The summed E-state index contributed by atoms with van der Waals surface area (Å²) < 4.78 is 11.6. The van der Waals surface area contributed by atoms with E-state index in [0.29, 0.717) is 17.9 Å². The van der Waals surface area contributed by atoms with Crippen molar-refractivity contribution in [1.29, 1.82) is 0 Å². The van der Waals surface area contributed by atoms with Gasteiger partial charge in [-0.25, -0.2) is 0 Å². The molecule has 1 saturated carbocycles. The van der Waals surface area contributed by atoms with E-state index in [9.17, 15) is 5.11 Å². The van der Waals surface area contributed by atoms with Gasteiger partial charge in [-0.15, -0.1) is 0 Å². The van der Waals surface area contributed by atoms with E-state index < -0.39 is 0 Å². The molecule has 3 aliphatic rings. The summed E-state index contributed by atoms with van der Waals surface area (Å²) in [7, 11) is 0. The highest BCUT2D eigenvalue weighted by atomic mass is 16.5. The van der Waals surface area contributed by atoms with Crippen LogP contribution in [0.2, 0.25) is 0 Å². The lowest BCUT2D eigenvalue weighted by atomic mass is 9.82. The number of aliphatic hydroxyl groups is 1. The fraction of sp³-hybridized carbons (Fsp3) is 0.727. The molecule has 0 amide bonds. The van der Waals surface area contributed by atoms with E-state index >= 15 is 0 Å². The first-order valence-electron chi connectivity index (χ1n) is 10.4. The third-order valence-corrected chi connectivity index (χ3v) is 6.73. The van der Waals surface area contributed by atoms with Crippen molar-refractivity contribution >= 4 is 0 Å². The molecule has 2 aliphatic carbocycles. The standard InChI is InChI=1S/C22H33NO3/c23-22(15-24)8-5-20(13-22)19-4-3-17-11-16(1-2-18(17)12-19)14-26-21-6-9-25-10-7-21/h3-4,12,16,20-21,24H,1-2,5-11,13-15,23H2/t16-,20+,22-/m1/s1. The van der Waals surface area contributed by atoms with Crippen LogP contribution in [0.4, 0.5) is 0 Å². The minimum atomic E-state index is -0.368. The summed E-state index contributed by atoms with van der Waals surface area (Å²) in [5.74, 6) is 1.15. The summed E-state index contributed by atoms with van der Waals surface area (Å²) in [5, 5.41) is 9.51. The Labute approximate surface area is 157 Å². The van der Waals surface area contributed by atoms with Crippen molar-refractivity contribution in [2.75, 3.05) is 26.4 Å². The monoisotopic (exact) mass is 359 g/mol. The van der Waals surface area contributed by atoms with Crippen LogP contribution in [0.15, 0.2) is 18.2 Å². The predicted molar refractivity (Wildman–Crippen MR) is 102 cm³/mol. The maximum atomic E-state index is 9.51. The van der Waals surface area contributed by atoms with Crippen LogP contribution in [0.1, 0.15) is 61.1 Å². The summed E-state index contributed by atoms with van der Waals surface area (Å²) in [5.41, 5.74) is 10.3. The molecule has 1 aliphatic heterocycles. The van der Waals surface area contributed by atoms with Crippen LogP contribution in [0.5, 0.6) is 0 Å². The van der Waals surface area contributed by atoms with Crippen molar-refractivity contribution < 1.29 is 14.6 Å². The highest BCUT2D eigenvalue weighted by Crippen LogP contribution is 2.40. The molecule has 4 nitrogen and oxygen atoms in total. The summed E-state index contributed by atoms with van der Waals surface area (Å²) in [6.07, 6.45) is 8.94. The van der Waals surface area contributed by atoms with Gasteiger partial charge in [0.05, 0.1) is 19.3 Å². The van der Waals surface area contributed by atoms with Crippen LogP contribution in [-0.4, -0.2) is 43.2 Å². The van der Waals surface area contributed by atoms with E-state index in [2.05, 4.69) is 18.2 Å². The summed E-state index contributed by atoms with van der Waals surface area (Å²) in [6, 6.07) is 7.05. The molecule has 0 aromatic heterocycles. The first-order valence-corrected chi connectivity index (χ1v) is 10.4. The molecule has 0 spiro atoms. The zero-order chi connectivity index (χ0) is 18.0. The second-order valence-electron chi connectivity index (χ2n) is 8.74. The Bertz CT molecular complexity index is 613. The van der Waals surface area contributed by atoms with E-state index in [1.165, 1.54) is 23.1 Å². The molecule has 1 saturated heterocycles. The average Bonchev–Trinajstić information content (AvgIpc) is 3.09. The molecule has 4 rings (SSSR count). The smallest absolute Gasteiger partial charge is 0.0619 e. The van der Waals surface area contributed by atoms with Gasteiger partial charge in [-0.3, -0.25) is 0 Å². The molecular formula is C22H33NO3. The zero-order valence-corrected chi connectivity index (χ0v) is 15.8. The largest absolute Gasteiger partial charge is 0.394 e. The van der Waals surface area contributed by atoms with Crippen LogP contribution in [0.3, 0.4) is 0 Å². The second kappa shape index (κ2) is 7.97. The molecule has 1 heterocycles. The van der Waals surface area contributed by atoms with Crippen molar-refractivity contribution in [2.24, 2.45) is 11.7 Å². The Kier molecular flexibility index (Phi) is 5.65. The lowest BCUT2D eigenvalue weighted by Gasteiger charge is -2.29. The first kappa shape index (κ1) is 18.4. The van der Waals surface area contributed by atoms with Gasteiger partial charge in [0.1, 0.15) is 0 Å². The second-order valence-corrected chi connectivity index (χ2v) is 8.74. The number of aliphatic hydroxyl groups excluding tert-OH is 1. The van der Waals surface area contributed by atoms with Crippen molar-refractivity contribution in [2.45, 2.75) is 68.9 Å². The van der Waals surface area contributed by atoms with Gasteiger partial charge < -0.3 is 20.3 Å². The Morgan fingerprint density at radius 1 is 1.15 bits per heavy atom. The highest BCUT2D eigenvalue weighted by molar-refractivity contribution is 5.36. The summed E-state index contributed by atoms with van der Waals surface area (Å²) >= 11 is 0. The van der Waals surface area contributed by atoms with Crippen LogP contribution < -0.4 is 5.73 Å². The summed E-state index contributed by atoms with van der Waals surface area (Å²) in [4.78, 5) is 0. The molecular weight excluding hydrogens is 326 g/mol. The molecule has 3 atom stereocenters. The molecule has 0 bridgehead atoms. The fourth-order valence-corrected chi connectivity index (χ4v) is 4.95. The van der Waals surface area contributed by atoms with E-state index in [1.54, 1.807) is 0 Å². The van der Waals surface area contributed by atoms with Crippen molar-refractivity contribution in [3.05, 3.63) is 34.9 Å². The normalized spacial score (nSPS) is 32.5. The van der Waals surface area contributed by atoms with Gasteiger partial charge in [-0.05, 0) is 79.9 Å². The molecule has 2 fully saturated rings. The van der Waals surface area contributed by atoms with E-state index in [1.807, 2.05) is 0 Å². The molecule has 3 N–H and O–H groups in total. The topological polar surface area (TPSA) is 64.7 Å². The third kappa shape index (κ3) is 4.14. The number of rotatable bonds is 5. The van der Waals surface area contributed by atoms with E-state index in [4.69, 9.17) is 15.2 Å². The van der Waals surface area contributed by atoms with Gasteiger partial charge in [0.15, 0.2) is 0 Å². The minimum absolute atomic E-state index is 0.100. The van der Waals surface area contributed by atoms with Gasteiger partial charge in [-0.2, -0.15) is 0 Å². The van der Waals surface area contributed by atoms with Gasteiger partial charge >= 0.3 is 0 Å². The van der Waals surface area contributed by atoms with Gasteiger partial charge in [0.25, 0.3) is 0 Å². The number of fused-ring (bicyclic) bond motifs is 1. The number of hydrogen-bond acceptors (Lipinski definition) is 4. The first-order chi connectivity index (χ1) is 12.6. The van der Waals surface area contributed by atoms with Gasteiger partial charge in [-0.1, -0.05) is 18.2 Å². The Balaban J connectivity index is 1.34. The van der Waals surface area contributed by atoms with Crippen LogP contribution in [0.25, 0.3) is 0 Å². The highest BCUT2D eigenvalue weighted by Gasteiger charge is 2.36. The van der Waals surface area contributed by atoms with Crippen LogP contribution in [0, 0.1) is 5.92 Å². The maximum absolute atomic E-state index is 9.51. The lowest BCUT2D eigenvalue weighted by molar-refractivity contribution is -0.0439.